The number of morpholine rings is 1. The van der Waals surface area contributed by atoms with Gasteiger partial charge in [0.05, 0.1) is 19.1 Å². The van der Waals surface area contributed by atoms with Crippen molar-refractivity contribution in [1.82, 2.24) is 0 Å². The molecule has 1 heterocycles. The molecule has 1 amide bonds. The Balaban J connectivity index is 0.00000169. The highest BCUT2D eigenvalue weighted by molar-refractivity contribution is 5.94. The first kappa shape index (κ1) is 23.0. The lowest BCUT2D eigenvalue weighted by atomic mass is 9.74. The summed E-state index contributed by atoms with van der Waals surface area (Å²) in [5, 5.41) is 2.87. The molecule has 0 aromatic heterocycles. The third-order valence-electron chi connectivity index (χ3n) is 5.10. The maximum Gasteiger partial charge on any atom is 0.229 e. The van der Waals surface area contributed by atoms with E-state index in [0.29, 0.717) is 18.9 Å². The minimum atomic E-state index is -0.497. The van der Waals surface area contributed by atoms with E-state index in [4.69, 9.17) is 10.5 Å². The lowest BCUT2D eigenvalue weighted by Gasteiger charge is -2.37. The Morgan fingerprint density at radius 3 is 2.62 bits per heavy atom. The first-order valence-corrected chi connectivity index (χ1v) is 8.69. The number of nitrogens with one attached hydrogen (secondary N) is 1. The lowest BCUT2D eigenvalue weighted by Crippen LogP contribution is -2.51. The molecule has 148 valence electrons. The fraction of sp³-hybridized carbons (Fsp3) is 0.611. The van der Waals surface area contributed by atoms with Crippen molar-refractivity contribution in [3.63, 3.8) is 0 Å². The van der Waals surface area contributed by atoms with Crippen molar-refractivity contribution >= 4 is 42.1 Å². The van der Waals surface area contributed by atoms with Crippen molar-refractivity contribution in [2.24, 2.45) is 11.7 Å². The van der Waals surface area contributed by atoms with Crippen LogP contribution >= 0.6 is 24.8 Å². The number of halogens is 3. The molecule has 3 N–H and O–H groups in total. The monoisotopic (exact) mass is 407 g/mol. The van der Waals surface area contributed by atoms with Crippen molar-refractivity contribution in [3.05, 3.63) is 24.0 Å². The van der Waals surface area contributed by atoms with Gasteiger partial charge in [0.15, 0.2) is 0 Å². The first-order valence-electron chi connectivity index (χ1n) is 8.69. The minimum Gasteiger partial charge on any atom is -0.378 e. The molecule has 1 aliphatic carbocycles. The van der Waals surface area contributed by atoms with E-state index in [1.807, 2.05) is 13.0 Å². The highest BCUT2D eigenvalue weighted by Gasteiger charge is 2.37. The average Bonchev–Trinajstić information content (AvgIpc) is 2.54. The van der Waals surface area contributed by atoms with Gasteiger partial charge in [-0.1, -0.05) is 12.8 Å². The van der Waals surface area contributed by atoms with Crippen LogP contribution in [0.3, 0.4) is 0 Å². The third kappa shape index (κ3) is 5.46. The van der Waals surface area contributed by atoms with Crippen molar-refractivity contribution in [2.45, 2.75) is 38.1 Å². The van der Waals surface area contributed by atoms with Gasteiger partial charge in [-0.3, -0.25) is 4.79 Å². The number of benzene rings is 1. The number of nitrogens with two attached hydrogens (primary N) is 1. The van der Waals surface area contributed by atoms with Gasteiger partial charge >= 0.3 is 0 Å². The van der Waals surface area contributed by atoms with Gasteiger partial charge in [0, 0.05) is 30.0 Å². The second kappa shape index (κ2) is 9.74. The van der Waals surface area contributed by atoms with Gasteiger partial charge in [-0.15, -0.1) is 24.8 Å². The molecule has 2 aliphatic rings. The van der Waals surface area contributed by atoms with Crippen LogP contribution < -0.4 is 16.0 Å². The van der Waals surface area contributed by atoms with Crippen LogP contribution in [-0.2, 0) is 9.53 Å². The van der Waals surface area contributed by atoms with E-state index in [9.17, 15) is 9.18 Å². The zero-order valence-electron chi connectivity index (χ0n) is 15.0. The van der Waals surface area contributed by atoms with Gasteiger partial charge in [-0.05, 0) is 38.0 Å². The topological polar surface area (TPSA) is 67.6 Å². The zero-order valence-corrected chi connectivity index (χ0v) is 16.6. The van der Waals surface area contributed by atoms with Gasteiger partial charge in [-0.25, -0.2) is 4.39 Å². The molecule has 1 aromatic carbocycles. The summed E-state index contributed by atoms with van der Waals surface area (Å²) >= 11 is 0. The van der Waals surface area contributed by atoms with Gasteiger partial charge < -0.3 is 20.7 Å². The van der Waals surface area contributed by atoms with Crippen LogP contribution in [0.2, 0.25) is 0 Å². The van der Waals surface area contributed by atoms with Crippen LogP contribution in [0.5, 0.6) is 0 Å². The van der Waals surface area contributed by atoms with Crippen molar-refractivity contribution in [1.29, 1.82) is 0 Å². The maximum atomic E-state index is 14.0. The summed E-state index contributed by atoms with van der Waals surface area (Å²) in [4.78, 5) is 14.7. The second-order valence-corrected chi connectivity index (χ2v) is 7.09. The Labute approximate surface area is 166 Å². The molecule has 1 aliphatic heterocycles. The number of carbonyl (C=O) groups excluding carboxylic acids is 1. The number of rotatable bonds is 3. The SMILES string of the molecule is CC1(N)CCCCC1C(=O)Nc1cc(F)cc(N2CCOCC2)c1.Cl.Cl. The van der Waals surface area contributed by atoms with E-state index in [1.165, 1.54) is 12.1 Å². The number of amides is 1. The molecule has 5 nitrogen and oxygen atoms in total. The highest BCUT2D eigenvalue weighted by Crippen LogP contribution is 2.33. The number of nitrogens with zero attached hydrogens (tertiary/aromatic N) is 1. The molecule has 0 spiro atoms. The van der Waals surface area contributed by atoms with Crippen molar-refractivity contribution < 1.29 is 13.9 Å². The molecule has 8 heteroatoms. The Morgan fingerprint density at radius 2 is 1.96 bits per heavy atom. The summed E-state index contributed by atoms with van der Waals surface area (Å²) in [7, 11) is 0. The van der Waals surface area contributed by atoms with E-state index in [2.05, 4.69) is 10.2 Å². The molecule has 2 atom stereocenters. The Bertz CT molecular complexity index is 610. The average molecular weight is 408 g/mol. The van der Waals surface area contributed by atoms with Crippen LogP contribution in [0, 0.1) is 11.7 Å². The number of ether oxygens (including phenoxy) is 1. The summed E-state index contributed by atoms with van der Waals surface area (Å²) < 4.78 is 19.3. The molecule has 1 saturated carbocycles. The fourth-order valence-corrected chi connectivity index (χ4v) is 3.67. The molecule has 2 unspecified atom stereocenters. The predicted octanol–water partition coefficient (Wildman–Crippen LogP) is 3.35. The van der Waals surface area contributed by atoms with Gasteiger partial charge in [0.1, 0.15) is 5.82 Å². The lowest BCUT2D eigenvalue weighted by molar-refractivity contribution is -0.122. The first-order chi connectivity index (χ1) is 11.5. The van der Waals surface area contributed by atoms with Crippen molar-refractivity contribution in [3.8, 4) is 0 Å². The molecular formula is C18H28Cl2FN3O2. The predicted molar refractivity (Wildman–Crippen MR) is 107 cm³/mol. The van der Waals surface area contributed by atoms with E-state index in [-0.39, 0.29) is 42.5 Å². The smallest absolute Gasteiger partial charge is 0.229 e. The molecule has 1 saturated heterocycles. The fourth-order valence-electron chi connectivity index (χ4n) is 3.67. The van der Waals surface area contributed by atoms with E-state index >= 15 is 0 Å². The van der Waals surface area contributed by atoms with Crippen LogP contribution in [0.25, 0.3) is 0 Å². The highest BCUT2D eigenvalue weighted by atomic mass is 35.5. The maximum absolute atomic E-state index is 14.0. The molecule has 3 rings (SSSR count). The molecule has 1 aromatic rings. The zero-order chi connectivity index (χ0) is 17.2. The Morgan fingerprint density at radius 1 is 1.27 bits per heavy atom. The number of hydrogen-bond donors (Lipinski definition) is 2. The molecule has 26 heavy (non-hydrogen) atoms. The quantitative estimate of drug-likeness (QED) is 0.805. The van der Waals surface area contributed by atoms with Crippen molar-refractivity contribution in [2.75, 3.05) is 36.5 Å². The summed E-state index contributed by atoms with van der Waals surface area (Å²) in [5.41, 5.74) is 7.06. The number of carbonyl (C=O) groups is 1. The van der Waals surface area contributed by atoms with E-state index < -0.39 is 5.54 Å². The standard InChI is InChI=1S/C18H26FN3O2.2ClH/c1-18(20)5-3-2-4-16(18)17(23)21-14-10-13(19)11-15(12-14)22-6-8-24-9-7-22;;/h10-12,16H,2-9,20H2,1H3,(H,21,23);2*1H. The van der Waals surface area contributed by atoms with Crippen LogP contribution in [0.15, 0.2) is 18.2 Å². The second-order valence-electron chi connectivity index (χ2n) is 7.09. The van der Waals surface area contributed by atoms with Gasteiger partial charge in [0.25, 0.3) is 0 Å². The number of anilines is 2. The van der Waals surface area contributed by atoms with Crippen LogP contribution in [0.1, 0.15) is 32.6 Å². The summed E-state index contributed by atoms with van der Waals surface area (Å²) in [6.07, 6.45) is 3.68. The van der Waals surface area contributed by atoms with E-state index in [0.717, 1.165) is 44.5 Å². The molecule has 0 radical (unpaired) electrons. The molecule has 0 bridgehead atoms. The molecular weight excluding hydrogens is 380 g/mol. The Hall–Kier alpha value is -1.08. The Kier molecular flexibility index (Phi) is 8.60. The summed E-state index contributed by atoms with van der Waals surface area (Å²) in [6.45, 7) is 4.64. The van der Waals surface area contributed by atoms with Gasteiger partial charge in [-0.2, -0.15) is 0 Å². The van der Waals surface area contributed by atoms with Gasteiger partial charge in [0.2, 0.25) is 5.91 Å². The summed E-state index contributed by atoms with van der Waals surface area (Å²) in [5.74, 6) is -0.701. The van der Waals surface area contributed by atoms with Crippen LogP contribution in [0.4, 0.5) is 15.8 Å². The summed E-state index contributed by atoms with van der Waals surface area (Å²) in [6, 6.07) is 4.68. The molecule has 2 fully saturated rings. The minimum absolute atomic E-state index is 0. The third-order valence-corrected chi connectivity index (χ3v) is 5.10. The van der Waals surface area contributed by atoms with E-state index in [1.54, 1.807) is 0 Å². The number of hydrogen-bond acceptors (Lipinski definition) is 4. The normalized spacial score (nSPS) is 25.7. The van der Waals surface area contributed by atoms with Crippen LogP contribution in [-0.4, -0.2) is 37.7 Å². The largest absolute Gasteiger partial charge is 0.378 e.